The third-order valence-corrected chi connectivity index (χ3v) is 17.8. The SMILES string of the molecule is N#Cc1ccc2c(c1)c1ccccc1n2-c1cnc2c(c1)C1(c3cc(-n4c5ccccc5c5cc(C#N)ccc54)cnc3-2)c2cccc(-n3c4ccccc4c4ccccc43)c2Oc2c(-n3c4ccccc4c4cc(C#N)ccc43)cccc21. The van der Waals surface area contributed by atoms with Gasteiger partial charge in [0.2, 0.25) is 0 Å². The monoisotopic (exact) mass is 1070 g/mol. The molecule has 0 fully saturated rings. The fraction of sp³-hybridized carbons (Fsp3) is 0.0135. The van der Waals surface area contributed by atoms with Crippen molar-refractivity contribution in [2.75, 3.05) is 0 Å². The maximum absolute atomic E-state index is 10.3. The number of pyridine rings is 2. The molecule has 0 saturated carbocycles. The Bertz CT molecular complexity index is 5560. The number of rotatable bonds is 4. The topological polar surface area (TPSA) is 126 Å². The molecule has 6 aromatic heterocycles. The standard InChI is InChI=1S/C74H39N9O/c75-38-43-27-30-65-53(33-43)50-15-3-6-20-60(50)80(65)46-36-58-70(78-41-46)71-59(37-47(42-79-71)81-61-21-7-4-16-51(61)54-34-44(39-76)28-31-66(54)81)74(58)56-18-11-25-68(82-62-22-8-1-13-48(62)49-14-2-9-23-63(49)82)72(56)84-73-57(74)19-12-26-69(73)83-64-24-10-5-17-52(64)55-35-45(40-77)29-32-67(55)83/h1-37,41-42H. The van der Waals surface area contributed by atoms with E-state index in [0.29, 0.717) is 28.2 Å². The van der Waals surface area contributed by atoms with Gasteiger partial charge in [-0.25, -0.2) is 0 Å². The van der Waals surface area contributed by atoms with Crippen LogP contribution in [0.25, 0.3) is 121 Å². The minimum Gasteiger partial charge on any atom is -0.452 e. The van der Waals surface area contributed by atoms with Crippen molar-refractivity contribution >= 4 is 87.2 Å². The van der Waals surface area contributed by atoms with Crippen molar-refractivity contribution in [1.29, 1.82) is 15.8 Å². The smallest absolute Gasteiger partial charge is 0.156 e. The largest absolute Gasteiger partial charge is 0.452 e. The van der Waals surface area contributed by atoms with E-state index in [4.69, 9.17) is 14.7 Å². The molecular formula is C74H39N9O. The van der Waals surface area contributed by atoms with Crippen LogP contribution in [0, 0.1) is 34.0 Å². The van der Waals surface area contributed by atoms with Gasteiger partial charge in [0.15, 0.2) is 11.5 Å². The zero-order chi connectivity index (χ0) is 55.5. The Hall–Kier alpha value is -12.0. The highest BCUT2D eigenvalue weighted by molar-refractivity contribution is 6.13. The summed E-state index contributed by atoms with van der Waals surface area (Å²) < 4.78 is 17.1. The molecule has 10 nitrogen and oxygen atoms in total. The first-order valence-corrected chi connectivity index (χ1v) is 27.8. The molecule has 0 N–H and O–H groups in total. The Morgan fingerprint density at radius 3 is 1.00 bits per heavy atom. The summed E-state index contributed by atoms with van der Waals surface area (Å²) in [5, 5.41) is 38.8. The average Bonchev–Trinajstić information content (AvgIpc) is 1.50. The van der Waals surface area contributed by atoms with Crippen molar-refractivity contribution < 1.29 is 4.74 Å². The molecule has 7 heterocycles. The van der Waals surface area contributed by atoms with E-state index < -0.39 is 5.41 Å². The summed E-state index contributed by atoms with van der Waals surface area (Å²) in [6.45, 7) is 0. The molecule has 0 radical (unpaired) electrons. The predicted molar refractivity (Wildman–Crippen MR) is 331 cm³/mol. The maximum atomic E-state index is 10.3. The number of nitriles is 3. The first kappa shape index (κ1) is 45.8. The molecule has 0 saturated heterocycles. The highest BCUT2D eigenvalue weighted by atomic mass is 16.5. The van der Waals surface area contributed by atoms with E-state index in [1.54, 1.807) is 0 Å². The van der Waals surface area contributed by atoms with E-state index in [-0.39, 0.29) is 0 Å². The van der Waals surface area contributed by atoms with Crippen LogP contribution < -0.4 is 4.74 Å². The zero-order valence-corrected chi connectivity index (χ0v) is 44.4. The van der Waals surface area contributed by atoms with E-state index in [0.717, 1.165) is 144 Å². The van der Waals surface area contributed by atoms with Crippen molar-refractivity contribution in [3.8, 4) is 63.8 Å². The second-order valence-electron chi connectivity index (χ2n) is 21.8. The Kier molecular flexibility index (Phi) is 9.14. The molecule has 18 rings (SSSR count). The average molecular weight is 1070 g/mol. The van der Waals surface area contributed by atoms with Gasteiger partial charge in [-0.1, -0.05) is 115 Å². The predicted octanol–water partition coefficient (Wildman–Crippen LogP) is 16.9. The lowest BCUT2D eigenvalue weighted by Gasteiger charge is -2.40. The van der Waals surface area contributed by atoms with Crippen LogP contribution in [0.1, 0.15) is 38.9 Å². The minimum atomic E-state index is -1.17. The number of nitrogens with zero attached hydrogens (tertiary/aromatic N) is 9. The normalized spacial score (nSPS) is 12.9. The Morgan fingerprint density at radius 2 is 0.631 bits per heavy atom. The molecule has 10 heteroatoms. The Balaban J connectivity index is 1.02. The van der Waals surface area contributed by atoms with Crippen LogP contribution in [-0.4, -0.2) is 28.2 Å². The summed E-state index contributed by atoms with van der Waals surface area (Å²) in [6, 6.07) is 84.7. The fourth-order valence-electron chi connectivity index (χ4n) is 14.4. The molecule has 0 amide bonds. The van der Waals surface area contributed by atoms with Gasteiger partial charge in [0.1, 0.15) is 0 Å². The van der Waals surface area contributed by atoms with Gasteiger partial charge in [-0.05, 0) is 109 Å². The summed E-state index contributed by atoms with van der Waals surface area (Å²) in [7, 11) is 0. The number of aromatic nitrogens is 6. The van der Waals surface area contributed by atoms with Crippen LogP contribution in [0.4, 0.5) is 0 Å². The van der Waals surface area contributed by atoms with Crippen molar-refractivity contribution in [2.24, 2.45) is 0 Å². The van der Waals surface area contributed by atoms with Gasteiger partial charge < -0.3 is 23.0 Å². The van der Waals surface area contributed by atoms with Crippen molar-refractivity contribution in [2.45, 2.75) is 5.41 Å². The van der Waals surface area contributed by atoms with Crippen LogP contribution in [0.15, 0.2) is 237 Å². The van der Waals surface area contributed by atoms with Gasteiger partial charge in [-0.3, -0.25) is 9.97 Å². The second kappa shape index (κ2) is 16.8. The second-order valence-corrected chi connectivity index (χ2v) is 21.8. The van der Waals surface area contributed by atoms with Crippen molar-refractivity contribution in [3.05, 3.63) is 276 Å². The highest BCUT2D eigenvalue weighted by Crippen LogP contribution is 2.64. The molecule has 1 aliphatic carbocycles. The molecule has 0 atom stereocenters. The molecule has 386 valence electrons. The first-order valence-electron chi connectivity index (χ1n) is 27.8. The van der Waals surface area contributed by atoms with Crippen LogP contribution in [0.3, 0.4) is 0 Å². The lowest BCUT2D eigenvalue weighted by atomic mass is 9.66. The third kappa shape index (κ3) is 5.88. The summed E-state index contributed by atoms with van der Waals surface area (Å²) in [6.07, 6.45) is 3.92. The molecule has 1 aliphatic heterocycles. The molecule has 0 unspecified atom stereocenters. The van der Waals surface area contributed by atoms with E-state index in [1.165, 1.54) is 0 Å². The van der Waals surface area contributed by atoms with Gasteiger partial charge in [0, 0.05) is 65.3 Å². The quantitative estimate of drug-likeness (QED) is 0.173. The van der Waals surface area contributed by atoms with Gasteiger partial charge in [0.05, 0.1) is 131 Å². The summed E-state index contributed by atoms with van der Waals surface area (Å²) in [5.41, 5.74) is 16.9. The van der Waals surface area contributed by atoms with Crippen LogP contribution >= 0.6 is 0 Å². The summed E-state index contributed by atoms with van der Waals surface area (Å²) in [4.78, 5) is 11.2. The summed E-state index contributed by atoms with van der Waals surface area (Å²) >= 11 is 0. The van der Waals surface area contributed by atoms with Gasteiger partial charge >= 0.3 is 0 Å². The molecule has 10 aromatic carbocycles. The molecule has 2 aliphatic rings. The van der Waals surface area contributed by atoms with Gasteiger partial charge in [-0.2, -0.15) is 15.8 Å². The molecule has 16 aromatic rings. The van der Waals surface area contributed by atoms with E-state index in [9.17, 15) is 15.8 Å². The van der Waals surface area contributed by atoms with Crippen molar-refractivity contribution in [1.82, 2.24) is 28.2 Å². The first-order chi connectivity index (χ1) is 41.5. The van der Waals surface area contributed by atoms with E-state index in [1.807, 2.05) is 85.2 Å². The number of benzene rings is 10. The Morgan fingerprint density at radius 1 is 0.310 bits per heavy atom. The number of hydrogen-bond donors (Lipinski definition) is 0. The molecule has 0 bridgehead atoms. The lowest BCUT2D eigenvalue weighted by Crippen LogP contribution is -2.33. The fourth-order valence-corrected chi connectivity index (χ4v) is 14.4. The van der Waals surface area contributed by atoms with E-state index in [2.05, 4.69) is 188 Å². The highest BCUT2D eigenvalue weighted by Gasteiger charge is 2.54. The number of para-hydroxylation sites is 7. The van der Waals surface area contributed by atoms with Crippen LogP contribution in [0.5, 0.6) is 11.5 Å². The van der Waals surface area contributed by atoms with Crippen molar-refractivity contribution in [3.63, 3.8) is 0 Å². The molecule has 84 heavy (non-hydrogen) atoms. The molecule has 1 spiro atoms. The zero-order valence-electron chi connectivity index (χ0n) is 44.4. The van der Waals surface area contributed by atoms with Gasteiger partial charge in [-0.15, -0.1) is 0 Å². The number of fused-ring (bicyclic) bond motifs is 21. The number of ether oxygens (including phenoxy) is 1. The molecular weight excluding hydrogens is 1030 g/mol. The minimum absolute atomic E-state index is 0.578. The van der Waals surface area contributed by atoms with E-state index >= 15 is 0 Å². The Labute approximate surface area is 478 Å². The lowest BCUT2D eigenvalue weighted by molar-refractivity contribution is 0.433. The summed E-state index contributed by atoms with van der Waals surface area (Å²) in [5.74, 6) is 1.33. The third-order valence-electron chi connectivity index (χ3n) is 17.8. The number of hydrogen-bond acceptors (Lipinski definition) is 6. The maximum Gasteiger partial charge on any atom is 0.156 e. The van der Waals surface area contributed by atoms with Crippen LogP contribution in [0.2, 0.25) is 0 Å². The van der Waals surface area contributed by atoms with Gasteiger partial charge in [0.25, 0.3) is 0 Å². The van der Waals surface area contributed by atoms with Crippen LogP contribution in [-0.2, 0) is 5.41 Å².